The largest absolute Gasteiger partial charge is 0.490 e. The van der Waals surface area contributed by atoms with E-state index < -0.39 is 0 Å². The Bertz CT molecular complexity index is 362. The van der Waals surface area contributed by atoms with Gasteiger partial charge in [0.2, 0.25) is 5.75 Å². The van der Waals surface area contributed by atoms with Gasteiger partial charge in [-0.05, 0) is 20.8 Å². The lowest BCUT2D eigenvalue weighted by atomic mass is 10.2. The molecule has 0 spiro atoms. The number of hydrogen-bond donors (Lipinski definition) is 0. The summed E-state index contributed by atoms with van der Waals surface area (Å²) >= 11 is 0. The SMILES string of the molecule is CCOc1cc(OC=O)cc(OCC)c1OCC. The third-order valence-corrected chi connectivity index (χ3v) is 2.07. The number of benzene rings is 1. The first kappa shape index (κ1) is 14.2. The molecule has 5 nitrogen and oxygen atoms in total. The molecule has 0 unspecified atom stereocenters. The minimum atomic E-state index is 0.361. The standard InChI is InChI=1S/C13H18O5/c1-4-15-11-7-10(18-9-14)8-12(16-5-2)13(11)17-6-3/h7-9H,4-6H2,1-3H3. The molecule has 0 aromatic heterocycles. The average molecular weight is 254 g/mol. The second kappa shape index (κ2) is 7.42. The first-order valence-electron chi connectivity index (χ1n) is 5.93. The number of rotatable bonds is 8. The summed E-state index contributed by atoms with van der Waals surface area (Å²) in [7, 11) is 0. The van der Waals surface area contributed by atoms with Crippen molar-refractivity contribution in [2.24, 2.45) is 0 Å². The highest BCUT2D eigenvalue weighted by atomic mass is 16.5. The van der Waals surface area contributed by atoms with Crippen LogP contribution in [-0.4, -0.2) is 26.3 Å². The Kier molecular flexibility index (Phi) is 5.84. The number of hydrogen-bond acceptors (Lipinski definition) is 5. The number of carbonyl (C=O) groups is 1. The van der Waals surface area contributed by atoms with Crippen molar-refractivity contribution in [2.45, 2.75) is 20.8 Å². The molecule has 0 saturated heterocycles. The maximum atomic E-state index is 10.4. The Morgan fingerprint density at radius 2 is 1.44 bits per heavy atom. The molecule has 0 aliphatic rings. The molecule has 1 rings (SSSR count). The van der Waals surface area contributed by atoms with E-state index in [-0.39, 0.29) is 0 Å². The highest BCUT2D eigenvalue weighted by molar-refractivity contribution is 5.58. The molecule has 18 heavy (non-hydrogen) atoms. The summed E-state index contributed by atoms with van der Waals surface area (Å²) in [5.74, 6) is 1.89. The molecule has 0 amide bonds. The van der Waals surface area contributed by atoms with Crippen LogP contribution in [0.1, 0.15) is 20.8 Å². The normalized spacial score (nSPS) is 9.72. The van der Waals surface area contributed by atoms with E-state index in [0.717, 1.165) is 0 Å². The zero-order valence-corrected chi connectivity index (χ0v) is 10.9. The van der Waals surface area contributed by atoms with Gasteiger partial charge in [0.05, 0.1) is 19.8 Å². The van der Waals surface area contributed by atoms with Crippen LogP contribution in [-0.2, 0) is 4.79 Å². The highest BCUT2D eigenvalue weighted by Gasteiger charge is 2.15. The molecular formula is C13H18O5. The first-order chi connectivity index (χ1) is 8.76. The topological polar surface area (TPSA) is 54.0 Å². The van der Waals surface area contributed by atoms with E-state index in [9.17, 15) is 4.79 Å². The predicted molar refractivity (Wildman–Crippen MR) is 66.6 cm³/mol. The van der Waals surface area contributed by atoms with Gasteiger partial charge in [-0.15, -0.1) is 0 Å². The van der Waals surface area contributed by atoms with Crippen molar-refractivity contribution in [3.8, 4) is 23.0 Å². The first-order valence-corrected chi connectivity index (χ1v) is 5.93. The summed E-state index contributed by atoms with van der Waals surface area (Å²) in [5.41, 5.74) is 0. The highest BCUT2D eigenvalue weighted by Crippen LogP contribution is 2.41. The Morgan fingerprint density at radius 1 is 0.944 bits per heavy atom. The maximum absolute atomic E-state index is 10.4. The fourth-order valence-electron chi connectivity index (χ4n) is 1.49. The van der Waals surface area contributed by atoms with Crippen molar-refractivity contribution in [1.29, 1.82) is 0 Å². The number of ether oxygens (including phenoxy) is 4. The quantitative estimate of drug-likeness (QED) is 0.667. The Balaban J connectivity index is 3.19. The molecule has 0 saturated carbocycles. The minimum Gasteiger partial charge on any atom is -0.490 e. The van der Waals surface area contributed by atoms with Crippen LogP contribution in [0.3, 0.4) is 0 Å². The fraction of sp³-hybridized carbons (Fsp3) is 0.462. The van der Waals surface area contributed by atoms with Crippen molar-refractivity contribution < 1.29 is 23.7 Å². The molecule has 0 fully saturated rings. The van der Waals surface area contributed by atoms with Gasteiger partial charge in [-0.1, -0.05) is 0 Å². The summed E-state index contributed by atoms with van der Waals surface area (Å²) in [4.78, 5) is 10.4. The molecule has 0 aliphatic carbocycles. The zero-order chi connectivity index (χ0) is 13.4. The van der Waals surface area contributed by atoms with Crippen LogP contribution < -0.4 is 18.9 Å². The van der Waals surface area contributed by atoms with Crippen molar-refractivity contribution in [3.05, 3.63) is 12.1 Å². The van der Waals surface area contributed by atoms with Crippen molar-refractivity contribution >= 4 is 6.47 Å². The molecule has 0 radical (unpaired) electrons. The van der Waals surface area contributed by atoms with Crippen LogP contribution in [0.4, 0.5) is 0 Å². The van der Waals surface area contributed by atoms with Gasteiger partial charge >= 0.3 is 0 Å². The van der Waals surface area contributed by atoms with E-state index in [0.29, 0.717) is 49.3 Å². The van der Waals surface area contributed by atoms with Crippen LogP contribution in [0.25, 0.3) is 0 Å². The molecule has 0 aliphatic heterocycles. The molecule has 5 heteroatoms. The molecule has 1 aromatic rings. The number of carbonyl (C=O) groups excluding carboxylic acids is 1. The Morgan fingerprint density at radius 3 is 1.83 bits per heavy atom. The predicted octanol–water partition coefficient (Wildman–Crippen LogP) is 2.42. The van der Waals surface area contributed by atoms with Gasteiger partial charge < -0.3 is 18.9 Å². The lowest BCUT2D eigenvalue weighted by Gasteiger charge is -2.16. The van der Waals surface area contributed by atoms with Gasteiger partial charge in [0.25, 0.3) is 6.47 Å². The minimum absolute atomic E-state index is 0.361. The Labute approximate surface area is 107 Å². The molecule has 0 N–H and O–H groups in total. The summed E-state index contributed by atoms with van der Waals surface area (Å²) in [5, 5.41) is 0. The zero-order valence-electron chi connectivity index (χ0n) is 10.9. The average Bonchev–Trinajstić information content (AvgIpc) is 2.34. The van der Waals surface area contributed by atoms with Crippen molar-refractivity contribution in [2.75, 3.05) is 19.8 Å². The van der Waals surface area contributed by atoms with E-state index in [1.165, 1.54) is 0 Å². The van der Waals surface area contributed by atoms with E-state index in [1.54, 1.807) is 12.1 Å². The van der Waals surface area contributed by atoms with Gasteiger partial charge in [0.1, 0.15) is 5.75 Å². The molecule has 0 heterocycles. The molecule has 0 bridgehead atoms. The van der Waals surface area contributed by atoms with Crippen LogP contribution >= 0.6 is 0 Å². The van der Waals surface area contributed by atoms with Crippen LogP contribution in [0.5, 0.6) is 23.0 Å². The van der Waals surface area contributed by atoms with Gasteiger partial charge in [-0.2, -0.15) is 0 Å². The maximum Gasteiger partial charge on any atom is 0.298 e. The monoisotopic (exact) mass is 254 g/mol. The van der Waals surface area contributed by atoms with Crippen molar-refractivity contribution in [1.82, 2.24) is 0 Å². The smallest absolute Gasteiger partial charge is 0.298 e. The van der Waals surface area contributed by atoms with E-state index in [2.05, 4.69) is 0 Å². The van der Waals surface area contributed by atoms with Gasteiger partial charge in [-0.3, -0.25) is 4.79 Å². The van der Waals surface area contributed by atoms with Crippen LogP contribution in [0, 0.1) is 0 Å². The van der Waals surface area contributed by atoms with E-state index in [4.69, 9.17) is 18.9 Å². The second-order valence-electron chi connectivity index (χ2n) is 3.26. The second-order valence-corrected chi connectivity index (χ2v) is 3.26. The van der Waals surface area contributed by atoms with Gasteiger partial charge in [-0.25, -0.2) is 0 Å². The van der Waals surface area contributed by atoms with E-state index in [1.807, 2.05) is 20.8 Å². The third-order valence-electron chi connectivity index (χ3n) is 2.07. The lowest BCUT2D eigenvalue weighted by Crippen LogP contribution is -2.03. The van der Waals surface area contributed by atoms with Gasteiger partial charge in [0, 0.05) is 12.1 Å². The molecule has 100 valence electrons. The van der Waals surface area contributed by atoms with Gasteiger partial charge in [0.15, 0.2) is 11.5 Å². The molecular weight excluding hydrogens is 236 g/mol. The lowest BCUT2D eigenvalue weighted by molar-refractivity contribution is -0.120. The summed E-state index contributed by atoms with van der Waals surface area (Å²) in [6.07, 6.45) is 0. The van der Waals surface area contributed by atoms with Crippen molar-refractivity contribution in [3.63, 3.8) is 0 Å². The summed E-state index contributed by atoms with van der Waals surface area (Å²) in [6, 6.07) is 3.21. The molecule has 1 aromatic carbocycles. The Hall–Kier alpha value is -1.91. The summed E-state index contributed by atoms with van der Waals surface area (Å²) < 4.78 is 21.3. The van der Waals surface area contributed by atoms with E-state index >= 15 is 0 Å². The van der Waals surface area contributed by atoms with Crippen LogP contribution in [0.2, 0.25) is 0 Å². The third kappa shape index (κ3) is 3.55. The van der Waals surface area contributed by atoms with Crippen LogP contribution in [0.15, 0.2) is 12.1 Å². The molecule has 0 atom stereocenters. The summed E-state index contributed by atoms with van der Waals surface area (Å²) in [6.45, 7) is 7.43. The fourth-order valence-corrected chi connectivity index (χ4v) is 1.49.